The third kappa shape index (κ3) is 5.47. The minimum absolute atomic E-state index is 0.0693. The van der Waals surface area contributed by atoms with Crippen molar-refractivity contribution in [2.75, 3.05) is 33.7 Å². The largest absolute Gasteiger partial charge is 0.446 e. The molecule has 13 atom stereocenters. The number of alkyl carbamates (subject to hydrolysis) is 1. The van der Waals surface area contributed by atoms with Crippen molar-refractivity contribution in [2.24, 2.45) is 56.7 Å². The first-order valence-electron chi connectivity index (χ1n) is 19.6. The van der Waals surface area contributed by atoms with Gasteiger partial charge in [0.25, 0.3) is 0 Å². The summed E-state index contributed by atoms with van der Waals surface area (Å²) >= 11 is 0. The Bertz CT molecular complexity index is 1390. The maximum Gasteiger partial charge on any atom is 0.409 e. The minimum Gasteiger partial charge on any atom is -0.446 e. The summed E-state index contributed by atoms with van der Waals surface area (Å²) in [6.45, 7) is 15.1. The van der Waals surface area contributed by atoms with Crippen LogP contribution < -0.4 is 5.32 Å². The van der Waals surface area contributed by atoms with Crippen molar-refractivity contribution in [3.63, 3.8) is 0 Å². The summed E-state index contributed by atoms with van der Waals surface area (Å²) in [5.41, 5.74) is -0.380. The van der Waals surface area contributed by atoms with Crippen LogP contribution in [0.3, 0.4) is 0 Å². The molecule has 2 saturated heterocycles. The Balaban J connectivity index is 1.06. The number of hydrogen-bond donors (Lipinski definition) is 2. The second-order valence-corrected chi connectivity index (χ2v) is 19.6. The molecule has 2 N–H and O–H groups in total. The van der Waals surface area contributed by atoms with Gasteiger partial charge in [-0.05, 0) is 97.2 Å². The maximum atomic E-state index is 13.0. The van der Waals surface area contributed by atoms with Crippen molar-refractivity contribution >= 4 is 12.2 Å². The van der Waals surface area contributed by atoms with Crippen molar-refractivity contribution in [1.29, 1.82) is 0 Å². The number of nitrogens with zero attached hydrogens (tertiary/aromatic N) is 2. The van der Waals surface area contributed by atoms with Gasteiger partial charge in [-0.3, -0.25) is 4.90 Å². The Morgan fingerprint density at radius 3 is 2.29 bits per heavy atom. The lowest BCUT2D eigenvalue weighted by atomic mass is 9.41. The molecule has 7 rings (SSSR count). The number of nitrogens with one attached hydrogen (secondary N) is 1. The van der Waals surface area contributed by atoms with E-state index in [0.717, 1.165) is 51.4 Å². The number of amides is 2. The van der Waals surface area contributed by atoms with Gasteiger partial charge in [-0.1, -0.05) is 48.5 Å². The molecule has 12 heteroatoms. The molecule has 5 saturated carbocycles. The normalized spacial score (nSPS) is 46.3. The van der Waals surface area contributed by atoms with E-state index in [-0.39, 0.29) is 82.4 Å². The highest BCUT2D eigenvalue weighted by atomic mass is 19.4. The molecular formula is C39H62F3N3O6. The molecule has 2 aliphatic heterocycles. The predicted molar refractivity (Wildman–Crippen MR) is 185 cm³/mol. The summed E-state index contributed by atoms with van der Waals surface area (Å²) in [6.07, 6.45) is 0.883. The minimum atomic E-state index is -4.24. The van der Waals surface area contributed by atoms with E-state index >= 15 is 0 Å². The van der Waals surface area contributed by atoms with Gasteiger partial charge in [0, 0.05) is 38.0 Å². The van der Waals surface area contributed by atoms with E-state index < -0.39 is 31.0 Å². The predicted octanol–water partition coefficient (Wildman–Crippen LogP) is 6.86. The molecule has 2 amide bonds. The Labute approximate surface area is 302 Å². The summed E-state index contributed by atoms with van der Waals surface area (Å²) in [5, 5.41) is 15.4. The van der Waals surface area contributed by atoms with Crippen LogP contribution in [-0.4, -0.2) is 104 Å². The van der Waals surface area contributed by atoms with Gasteiger partial charge < -0.3 is 29.5 Å². The lowest BCUT2D eigenvalue weighted by Crippen LogP contribution is -2.62. The summed E-state index contributed by atoms with van der Waals surface area (Å²) in [6, 6.07) is -0.329. The molecule has 7 aliphatic rings. The Hall–Kier alpha value is -1.79. The first kappa shape index (κ1) is 37.5. The van der Waals surface area contributed by atoms with Gasteiger partial charge in [-0.2, -0.15) is 13.2 Å². The summed E-state index contributed by atoms with van der Waals surface area (Å²) in [5.74, 6) is 1.33. The van der Waals surface area contributed by atoms with Gasteiger partial charge in [-0.15, -0.1) is 0 Å². The van der Waals surface area contributed by atoms with E-state index in [9.17, 15) is 27.9 Å². The molecule has 290 valence electrons. The molecule has 7 fully saturated rings. The fourth-order valence-corrected chi connectivity index (χ4v) is 14.0. The van der Waals surface area contributed by atoms with Crippen molar-refractivity contribution in [3.8, 4) is 0 Å². The average Bonchev–Trinajstić information content (AvgIpc) is 3.64. The van der Waals surface area contributed by atoms with Crippen LogP contribution in [0.25, 0.3) is 0 Å². The van der Waals surface area contributed by atoms with Crippen molar-refractivity contribution in [3.05, 3.63) is 0 Å². The number of hydrogen-bond acceptors (Lipinski definition) is 7. The number of carbonyl (C=O) groups is 2. The lowest BCUT2D eigenvalue weighted by Gasteiger charge is -2.63. The van der Waals surface area contributed by atoms with E-state index in [1.807, 2.05) is 0 Å². The number of aliphatic hydroxyl groups is 1. The highest BCUT2D eigenvalue weighted by Crippen LogP contribution is 2.89. The van der Waals surface area contributed by atoms with Crippen LogP contribution in [0, 0.1) is 56.7 Å². The smallest absolute Gasteiger partial charge is 0.409 e. The first-order chi connectivity index (χ1) is 23.6. The standard InChI is InChI=1S/C39H62F3N3O6/c1-21(2)29(51-33(48)44(8)9)24-16-22(3)28-30(49-24)31(46)36(7)26-11-10-25-34(4,5)27(12-13-37(25)19-38(26,37)15-14-35(28,36)6)50-32(47)43-23-17-45(18-23)20-39(40,41)42/h21-31,46H,10-20H2,1-9H3,(H,43,47)/t22-,24?,25+,26?,27+,28+,29-,30?,31+,35-,36-,37?,38?/m1/s1. The first-order valence-corrected chi connectivity index (χ1v) is 19.6. The van der Waals surface area contributed by atoms with Gasteiger partial charge in [0.2, 0.25) is 0 Å². The highest BCUT2D eigenvalue weighted by molar-refractivity contribution is 5.68. The van der Waals surface area contributed by atoms with E-state index in [4.69, 9.17) is 14.2 Å². The zero-order valence-electron chi connectivity index (χ0n) is 32.1. The van der Waals surface area contributed by atoms with Crippen LogP contribution in [0.1, 0.15) is 99.8 Å². The molecule has 2 heterocycles. The topological polar surface area (TPSA) is 101 Å². The lowest BCUT2D eigenvalue weighted by molar-refractivity contribution is -0.185. The molecule has 0 bridgehead atoms. The molecule has 5 aliphatic carbocycles. The van der Waals surface area contributed by atoms with Crippen LogP contribution in [0.4, 0.5) is 22.8 Å². The van der Waals surface area contributed by atoms with Gasteiger partial charge >= 0.3 is 18.4 Å². The number of fused-ring (bicyclic) bond motifs is 4. The molecule has 0 aromatic rings. The van der Waals surface area contributed by atoms with Gasteiger partial charge in [0.15, 0.2) is 0 Å². The Kier molecular flexibility index (Phi) is 8.91. The van der Waals surface area contributed by atoms with E-state index in [1.54, 1.807) is 14.1 Å². The van der Waals surface area contributed by atoms with Crippen LogP contribution in [0.5, 0.6) is 0 Å². The van der Waals surface area contributed by atoms with Crippen LogP contribution in [-0.2, 0) is 14.2 Å². The zero-order valence-corrected chi connectivity index (χ0v) is 32.1. The average molecular weight is 726 g/mol. The maximum absolute atomic E-state index is 13.0. The van der Waals surface area contributed by atoms with Crippen molar-refractivity contribution in [1.82, 2.24) is 15.1 Å². The van der Waals surface area contributed by atoms with E-state index in [2.05, 4.69) is 53.8 Å². The van der Waals surface area contributed by atoms with E-state index in [0.29, 0.717) is 17.8 Å². The van der Waals surface area contributed by atoms with Crippen LogP contribution in [0.15, 0.2) is 0 Å². The zero-order chi connectivity index (χ0) is 37.3. The van der Waals surface area contributed by atoms with Gasteiger partial charge in [0.05, 0.1) is 30.9 Å². The van der Waals surface area contributed by atoms with Gasteiger partial charge in [0.1, 0.15) is 12.2 Å². The second-order valence-electron chi connectivity index (χ2n) is 19.6. The molecule has 0 aromatic heterocycles. The molecular weight excluding hydrogens is 663 g/mol. The molecule has 9 nitrogen and oxygen atoms in total. The number of alkyl halides is 3. The summed E-state index contributed by atoms with van der Waals surface area (Å²) in [7, 11) is 3.38. The quantitative estimate of drug-likeness (QED) is 0.309. The molecule has 0 aromatic carbocycles. The molecule has 5 unspecified atom stereocenters. The summed E-state index contributed by atoms with van der Waals surface area (Å²) < 4.78 is 57.2. The molecule has 0 radical (unpaired) electrons. The highest BCUT2D eigenvalue weighted by Gasteiger charge is 2.84. The van der Waals surface area contributed by atoms with E-state index in [1.165, 1.54) is 9.80 Å². The Morgan fingerprint density at radius 1 is 1.02 bits per heavy atom. The number of likely N-dealkylation sites (tertiary alicyclic amines) is 1. The van der Waals surface area contributed by atoms with Crippen LogP contribution in [0.2, 0.25) is 0 Å². The fourth-order valence-electron chi connectivity index (χ4n) is 14.0. The number of halogens is 3. The third-order valence-corrected chi connectivity index (χ3v) is 16.3. The van der Waals surface area contributed by atoms with Crippen LogP contribution >= 0.6 is 0 Å². The number of aliphatic hydroxyl groups excluding tert-OH is 1. The van der Waals surface area contributed by atoms with Crippen molar-refractivity contribution in [2.45, 2.75) is 143 Å². The fraction of sp³-hybridized carbons (Fsp3) is 0.949. The summed E-state index contributed by atoms with van der Waals surface area (Å²) in [4.78, 5) is 28.4. The van der Waals surface area contributed by atoms with Crippen molar-refractivity contribution < 1.29 is 42.1 Å². The Morgan fingerprint density at radius 2 is 1.67 bits per heavy atom. The monoisotopic (exact) mass is 725 g/mol. The number of carbonyl (C=O) groups excluding carboxylic acids is 2. The SMILES string of the molecule is CC(C)[C@@H](OC(=O)N(C)C)C1C[C@@H](C)[C@H]2C(O1)[C@H](O)[C@@]1(C)C3CC[C@H]4C(C)(C)[C@@H](OC(=O)NC5CN(CC(F)(F)F)C5)CCC45CC35CC[C@]21C. The number of rotatable bonds is 6. The third-order valence-electron chi connectivity index (χ3n) is 16.3. The van der Waals surface area contributed by atoms with Gasteiger partial charge in [-0.25, -0.2) is 9.59 Å². The molecule has 2 spiro atoms. The number of ether oxygens (including phenoxy) is 3. The molecule has 51 heavy (non-hydrogen) atoms. The second kappa shape index (κ2) is 12.1.